The molecule has 1 aromatic carbocycles. The first-order valence-corrected chi connectivity index (χ1v) is 12.6. The first kappa shape index (κ1) is 24.5. The van der Waals surface area contributed by atoms with Crippen molar-refractivity contribution in [1.82, 2.24) is 20.0 Å². The van der Waals surface area contributed by atoms with Gasteiger partial charge in [0, 0.05) is 35.3 Å². The van der Waals surface area contributed by atoms with Gasteiger partial charge in [-0.2, -0.15) is 18.3 Å². The number of alkyl halides is 3. The van der Waals surface area contributed by atoms with E-state index in [0.29, 0.717) is 42.0 Å². The highest BCUT2D eigenvalue weighted by Gasteiger charge is 2.70. The van der Waals surface area contributed by atoms with Crippen LogP contribution in [-0.4, -0.2) is 61.5 Å². The Kier molecular flexibility index (Phi) is 5.21. The third-order valence-electron chi connectivity index (χ3n) is 8.53. The number of hydrogen-bond acceptors (Lipinski definition) is 5. The van der Waals surface area contributed by atoms with Crippen molar-refractivity contribution in [3.63, 3.8) is 0 Å². The smallest absolute Gasteiger partial charge is 0.411 e. The number of aliphatic hydroxyl groups is 1. The van der Waals surface area contributed by atoms with Crippen molar-refractivity contribution in [3.8, 4) is 5.75 Å². The zero-order valence-corrected chi connectivity index (χ0v) is 20.8. The van der Waals surface area contributed by atoms with Crippen LogP contribution in [0.15, 0.2) is 30.6 Å². The van der Waals surface area contributed by atoms with Crippen LogP contribution in [-0.2, 0) is 10.3 Å². The molecule has 3 aliphatic carbocycles. The Balaban J connectivity index is 1.09. The number of halogens is 4. The van der Waals surface area contributed by atoms with E-state index in [4.69, 9.17) is 16.3 Å². The fourth-order valence-corrected chi connectivity index (χ4v) is 6.64. The fraction of sp³-hybridized carbons (Fsp3) is 0.560. The van der Waals surface area contributed by atoms with Crippen LogP contribution in [0.3, 0.4) is 0 Å². The normalized spacial score (nSPS) is 34.2. The molecule has 3 heterocycles. The molecule has 3 atom stereocenters. The Morgan fingerprint density at radius 2 is 2.00 bits per heavy atom. The van der Waals surface area contributed by atoms with Crippen molar-refractivity contribution in [2.45, 2.75) is 80.4 Å². The summed E-state index contributed by atoms with van der Waals surface area (Å²) >= 11 is 5.99. The van der Waals surface area contributed by atoms with E-state index in [-0.39, 0.29) is 36.4 Å². The maximum atomic E-state index is 13.7. The van der Waals surface area contributed by atoms with Gasteiger partial charge in [0.25, 0.3) is 11.8 Å². The summed E-state index contributed by atoms with van der Waals surface area (Å²) in [5.41, 5.74) is -2.30. The van der Waals surface area contributed by atoms with Crippen LogP contribution in [0.5, 0.6) is 5.75 Å². The highest BCUT2D eigenvalue weighted by Crippen LogP contribution is 2.65. The average Bonchev–Trinajstić information content (AvgIpc) is 3.42. The van der Waals surface area contributed by atoms with Crippen LogP contribution in [0, 0.1) is 0 Å². The van der Waals surface area contributed by atoms with Gasteiger partial charge in [0.15, 0.2) is 6.10 Å². The second kappa shape index (κ2) is 7.86. The number of aromatic nitrogens is 2. The third-order valence-corrected chi connectivity index (χ3v) is 8.77. The second-order valence-electron chi connectivity index (χ2n) is 11.1. The minimum atomic E-state index is -4.51. The first-order chi connectivity index (χ1) is 17.3. The molecule has 8 nitrogen and oxygen atoms in total. The Labute approximate surface area is 215 Å². The fourth-order valence-electron chi connectivity index (χ4n) is 6.46. The molecule has 3 saturated carbocycles. The third kappa shape index (κ3) is 3.64. The van der Waals surface area contributed by atoms with E-state index in [1.165, 1.54) is 12.4 Å². The maximum Gasteiger partial charge on any atom is 0.411 e. The monoisotopic (exact) mass is 538 g/mol. The van der Waals surface area contributed by atoms with Crippen LogP contribution in [0.25, 0.3) is 0 Å². The van der Waals surface area contributed by atoms with Crippen molar-refractivity contribution in [2.24, 2.45) is 0 Å². The Bertz CT molecular complexity index is 1280. The van der Waals surface area contributed by atoms with Crippen molar-refractivity contribution >= 4 is 23.4 Å². The molecule has 2 bridgehead atoms. The van der Waals surface area contributed by atoms with E-state index in [1.54, 1.807) is 22.9 Å². The predicted molar refractivity (Wildman–Crippen MR) is 125 cm³/mol. The van der Waals surface area contributed by atoms with E-state index >= 15 is 0 Å². The van der Waals surface area contributed by atoms with E-state index in [1.807, 2.05) is 0 Å². The van der Waals surface area contributed by atoms with Gasteiger partial charge in [0.1, 0.15) is 11.3 Å². The van der Waals surface area contributed by atoms with E-state index in [9.17, 15) is 27.9 Å². The lowest BCUT2D eigenvalue weighted by Crippen LogP contribution is -2.79. The molecule has 12 heteroatoms. The number of hydrogen-bond donors (Lipinski definition) is 2. The number of likely N-dealkylation sites (tertiary alicyclic amines) is 1. The lowest BCUT2D eigenvalue weighted by atomic mass is 9.44. The molecule has 0 spiro atoms. The largest absolute Gasteiger partial charge is 0.480 e. The van der Waals surface area contributed by atoms with Gasteiger partial charge >= 0.3 is 6.18 Å². The number of fused-ring (bicyclic) bond motifs is 1. The van der Waals surface area contributed by atoms with Gasteiger partial charge in [-0.25, -0.2) is 0 Å². The molecular formula is C25H26ClF3N4O4. The molecule has 1 saturated heterocycles. The van der Waals surface area contributed by atoms with Gasteiger partial charge in [-0.1, -0.05) is 11.6 Å². The Morgan fingerprint density at radius 3 is 2.70 bits per heavy atom. The summed E-state index contributed by atoms with van der Waals surface area (Å²) in [6, 6.07) is 4.89. The minimum absolute atomic E-state index is 0.0513. The van der Waals surface area contributed by atoms with Gasteiger partial charge in [-0.3, -0.25) is 14.3 Å². The second-order valence-corrected chi connectivity index (χ2v) is 11.5. The quantitative estimate of drug-likeness (QED) is 0.618. The number of carbonyl (C=O) groups is 2. The number of amides is 2. The summed E-state index contributed by atoms with van der Waals surface area (Å²) in [4.78, 5) is 26.8. The predicted octanol–water partition coefficient (Wildman–Crippen LogP) is 3.73. The van der Waals surface area contributed by atoms with Gasteiger partial charge in [-0.15, -0.1) is 0 Å². The van der Waals surface area contributed by atoms with Crippen LogP contribution in [0.1, 0.15) is 67.5 Å². The molecule has 198 valence electrons. The molecule has 7 rings (SSSR count). The summed E-state index contributed by atoms with van der Waals surface area (Å²) in [6.07, 6.45) is -1.33. The number of rotatable bonds is 4. The Morgan fingerprint density at radius 1 is 1.27 bits per heavy atom. The van der Waals surface area contributed by atoms with Crippen LogP contribution in [0.4, 0.5) is 13.2 Å². The number of ether oxygens (including phenoxy) is 1. The topological polar surface area (TPSA) is 96.7 Å². The summed E-state index contributed by atoms with van der Waals surface area (Å²) in [7, 11) is 0. The van der Waals surface area contributed by atoms with E-state index in [0.717, 1.165) is 11.8 Å². The molecule has 1 aromatic heterocycles. The van der Waals surface area contributed by atoms with Crippen LogP contribution >= 0.6 is 11.6 Å². The van der Waals surface area contributed by atoms with Gasteiger partial charge in [-0.05, 0) is 57.2 Å². The Hall–Kier alpha value is -2.79. The number of aliphatic hydroxyl groups excluding tert-OH is 1. The van der Waals surface area contributed by atoms with Gasteiger partial charge in [0.2, 0.25) is 0 Å². The summed E-state index contributed by atoms with van der Waals surface area (Å²) < 4.78 is 48.4. The van der Waals surface area contributed by atoms with Gasteiger partial charge in [0.05, 0.1) is 23.4 Å². The van der Waals surface area contributed by atoms with Crippen LogP contribution in [0.2, 0.25) is 5.02 Å². The average molecular weight is 539 g/mol. The summed E-state index contributed by atoms with van der Waals surface area (Å²) in [6.45, 7) is 1.12. The van der Waals surface area contributed by atoms with Gasteiger partial charge < -0.3 is 20.1 Å². The molecule has 1 unspecified atom stereocenters. The zero-order valence-electron chi connectivity index (χ0n) is 20.0. The summed E-state index contributed by atoms with van der Waals surface area (Å²) in [5, 5.41) is 18.3. The molecular weight excluding hydrogens is 513 g/mol. The van der Waals surface area contributed by atoms with Crippen molar-refractivity contribution in [1.29, 1.82) is 0 Å². The molecule has 0 radical (unpaired) electrons. The number of nitrogens with zero attached hydrogens (tertiary/aromatic N) is 3. The molecule has 37 heavy (non-hydrogen) atoms. The number of nitrogens with one attached hydrogen (secondary N) is 1. The standard InChI is InChI=1S/C25H26ClF3N4O4/c1-22(25(27,28)29)5-2-6-32(22)21(36)14-9-30-33(10-14)24-11-23(12-24,13-24)31-20(35)19-8-17(34)16-7-15(26)3-4-18(16)37-19/h3-4,7,9-10,17,19,34H,2,5-6,8,11-13H2,1H3,(H,31,35)/t17-,19-,22?,23?,24?/m1/s1. The summed E-state index contributed by atoms with van der Waals surface area (Å²) in [5.74, 6) is -0.566. The molecule has 2 aromatic rings. The molecule has 2 N–H and O–H groups in total. The van der Waals surface area contributed by atoms with E-state index in [2.05, 4.69) is 10.4 Å². The van der Waals surface area contributed by atoms with Crippen molar-refractivity contribution < 1.29 is 32.6 Å². The zero-order chi connectivity index (χ0) is 26.4. The lowest BCUT2D eigenvalue weighted by molar-refractivity contribution is -0.209. The molecule has 5 aliphatic rings. The number of carbonyl (C=O) groups excluding carboxylic acids is 2. The maximum absolute atomic E-state index is 13.7. The highest BCUT2D eigenvalue weighted by molar-refractivity contribution is 6.30. The van der Waals surface area contributed by atoms with E-state index < -0.39 is 35.4 Å². The lowest BCUT2D eigenvalue weighted by Gasteiger charge is -2.70. The molecule has 2 amide bonds. The SMILES string of the molecule is CC1(C(F)(F)F)CCCN1C(=O)c1cnn(C23CC(NC(=O)[C@H]4C[C@@H](O)c5cc(Cl)ccc5O4)(C2)C3)c1. The molecule has 4 fully saturated rings. The first-order valence-electron chi connectivity index (χ1n) is 12.2. The minimum Gasteiger partial charge on any atom is -0.480 e. The van der Waals surface area contributed by atoms with Crippen molar-refractivity contribution in [2.75, 3.05) is 6.54 Å². The van der Waals surface area contributed by atoms with Crippen molar-refractivity contribution in [3.05, 3.63) is 46.7 Å². The number of benzene rings is 1. The highest BCUT2D eigenvalue weighted by atomic mass is 35.5. The van der Waals surface area contributed by atoms with Crippen LogP contribution < -0.4 is 10.1 Å². The molecule has 2 aliphatic heterocycles.